The average molecular weight is 264 g/mol. The maximum atomic E-state index is 10.3. The van der Waals surface area contributed by atoms with Crippen LogP contribution in [0.2, 0.25) is 0 Å². The number of aliphatic carboxylic acids is 3. The van der Waals surface area contributed by atoms with Gasteiger partial charge in [-0.3, -0.25) is 9.59 Å². The normalized spacial score (nSPS) is 9.40. The molecule has 0 amide bonds. The van der Waals surface area contributed by atoms with Gasteiger partial charge >= 0.3 is 17.9 Å². The molecule has 0 aromatic rings. The SMILES string of the molecule is N.O=C(O)CC(O)(CC(=O)O)C(=O)O.[Mn]. The molecule has 0 bridgehead atoms. The second-order valence-corrected chi connectivity index (χ2v) is 2.48. The van der Waals surface area contributed by atoms with Crippen LogP contribution in [0.5, 0.6) is 0 Å². The van der Waals surface area contributed by atoms with Crippen LogP contribution in [0.1, 0.15) is 12.8 Å². The first-order valence-corrected chi connectivity index (χ1v) is 3.17. The van der Waals surface area contributed by atoms with Crippen LogP contribution in [-0.2, 0) is 31.5 Å². The number of carbonyl (C=O) groups is 3. The second kappa shape index (κ2) is 7.18. The molecule has 9 heteroatoms. The first-order chi connectivity index (χ1) is 5.78. The number of carboxylic acid groups (broad SMARTS) is 3. The Kier molecular flexibility index (Phi) is 9.30. The minimum absolute atomic E-state index is 0. The molecule has 0 fully saturated rings. The van der Waals surface area contributed by atoms with E-state index in [0.717, 1.165) is 0 Å². The Labute approximate surface area is 95.0 Å². The maximum Gasteiger partial charge on any atom is 0.336 e. The molecule has 0 aromatic heterocycles. The van der Waals surface area contributed by atoms with Crippen molar-refractivity contribution in [2.45, 2.75) is 18.4 Å². The van der Waals surface area contributed by atoms with Gasteiger partial charge in [-0.2, -0.15) is 0 Å². The Bertz CT molecular complexity index is 238. The fourth-order valence-corrected chi connectivity index (χ4v) is 0.714. The van der Waals surface area contributed by atoms with Crippen LogP contribution in [0.15, 0.2) is 0 Å². The summed E-state index contributed by atoms with van der Waals surface area (Å²) in [6.45, 7) is 0. The van der Waals surface area contributed by atoms with Gasteiger partial charge < -0.3 is 26.6 Å². The van der Waals surface area contributed by atoms with Crippen molar-refractivity contribution in [1.29, 1.82) is 0 Å². The third kappa shape index (κ3) is 6.86. The molecule has 15 heavy (non-hydrogen) atoms. The molecular formula is C6H11MnNO7. The third-order valence-electron chi connectivity index (χ3n) is 1.29. The van der Waals surface area contributed by atoms with Crippen LogP contribution in [0.25, 0.3) is 0 Å². The number of hydrogen-bond donors (Lipinski definition) is 5. The van der Waals surface area contributed by atoms with Crippen LogP contribution in [0, 0.1) is 0 Å². The summed E-state index contributed by atoms with van der Waals surface area (Å²) in [7, 11) is 0. The van der Waals surface area contributed by atoms with Crippen molar-refractivity contribution in [2.24, 2.45) is 0 Å². The van der Waals surface area contributed by atoms with Gasteiger partial charge in [0.2, 0.25) is 0 Å². The van der Waals surface area contributed by atoms with Gasteiger partial charge in [-0.1, -0.05) is 0 Å². The molecular weight excluding hydrogens is 253 g/mol. The summed E-state index contributed by atoms with van der Waals surface area (Å²) in [6, 6.07) is 0. The van der Waals surface area contributed by atoms with Crippen LogP contribution < -0.4 is 6.15 Å². The zero-order chi connectivity index (χ0) is 10.6. The van der Waals surface area contributed by atoms with Gasteiger partial charge in [0.25, 0.3) is 0 Å². The van der Waals surface area contributed by atoms with E-state index in [-0.39, 0.29) is 23.2 Å². The Morgan fingerprint density at radius 1 is 0.933 bits per heavy atom. The van der Waals surface area contributed by atoms with Gasteiger partial charge in [0, 0.05) is 17.1 Å². The third-order valence-corrected chi connectivity index (χ3v) is 1.29. The largest absolute Gasteiger partial charge is 0.481 e. The van der Waals surface area contributed by atoms with E-state index in [9.17, 15) is 14.4 Å². The second-order valence-electron chi connectivity index (χ2n) is 2.48. The molecule has 7 N–H and O–H groups in total. The fraction of sp³-hybridized carbons (Fsp3) is 0.500. The number of carboxylic acids is 3. The van der Waals surface area contributed by atoms with Crippen molar-refractivity contribution >= 4 is 17.9 Å². The first-order valence-electron chi connectivity index (χ1n) is 3.17. The summed E-state index contributed by atoms with van der Waals surface area (Å²) in [5.41, 5.74) is -2.74. The van der Waals surface area contributed by atoms with Gasteiger partial charge in [-0.05, 0) is 0 Å². The Balaban J connectivity index is -0.000000720. The Morgan fingerprint density at radius 3 is 1.33 bits per heavy atom. The van der Waals surface area contributed by atoms with Crippen molar-refractivity contribution in [3.05, 3.63) is 0 Å². The van der Waals surface area contributed by atoms with Crippen LogP contribution in [0.3, 0.4) is 0 Å². The van der Waals surface area contributed by atoms with Crippen molar-refractivity contribution in [2.75, 3.05) is 0 Å². The Hall–Kier alpha value is -1.15. The molecule has 0 aromatic carbocycles. The minimum Gasteiger partial charge on any atom is -0.481 e. The topological polar surface area (TPSA) is 167 Å². The van der Waals surface area contributed by atoms with Gasteiger partial charge in [-0.15, -0.1) is 0 Å². The molecule has 1 radical (unpaired) electrons. The first kappa shape index (κ1) is 19.4. The van der Waals surface area contributed by atoms with Crippen LogP contribution >= 0.6 is 0 Å². The molecule has 0 spiro atoms. The molecule has 0 aliphatic rings. The number of hydrogen-bond acceptors (Lipinski definition) is 5. The molecule has 0 rings (SSSR count). The van der Waals surface area contributed by atoms with E-state index in [2.05, 4.69) is 0 Å². The summed E-state index contributed by atoms with van der Waals surface area (Å²) in [5, 5.41) is 33.8. The van der Waals surface area contributed by atoms with Gasteiger partial charge in [0.05, 0.1) is 12.8 Å². The molecule has 0 unspecified atom stereocenters. The quantitative estimate of drug-likeness (QED) is 0.390. The molecule has 0 aliphatic carbocycles. The summed E-state index contributed by atoms with van der Waals surface area (Å²) < 4.78 is 0. The van der Waals surface area contributed by atoms with E-state index in [1.165, 1.54) is 0 Å². The fourth-order valence-electron chi connectivity index (χ4n) is 0.714. The summed E-state index contributed by atoms with van der Waals surface area (Å²) in [5.74, 6) is -5.02. The van der Waals surface area contributed by atoms with E-state index in [0.29, 0.717) is 0 Å². The zero-order valence-corrected chi connectivity index (χ0v) is 8.69. The molecule has 0 atom stereocenters. The van der Waals surface area contributed by atoms with Gasteiger partial charge in [0.1, 0.15) is 0 Å². The number of aliphatic hydroxyl groups is 1. The van der Waals surface area contributed by atoms with Crippen molar-refractivity contribution in [1.82, 2.24) is 6.15 Å². The van der Waals surface area contributed by atoms with E-state index in [1.54, 1.807) is 0 Å². The van der Waals surface area contributed by atoms with Gasteiger partial charge in [0.15, 0.2) is 5.60 Å². The van der Waals surface area contributed by atoms with Crippen molar-refractivity contribution in [3.63, 3.8) is 0 Å². The van der Waals surface area contributed by atoms with E-state index in [1.807, 2.05) is 0 Å². The summed E-state index contributed by atoms with van der Waals surface area (Å²) >= 11 is 0. The van der Waals surface area contributed by atoms with E-state index < -0.39 is 36.4 Å². The standard InChI is InChI=1S/C6H8O7.Mn.H3N/c7-3(8)1-6(13,5(11)12)2-4(9)10;;/h13H,1-2H2,(H,7,8)(H,9,10)(H,11,12);;1H3. The Morgan fingerprint density at radius 2 is 1.20 bits per heavy atom. The van der Waals surface area contributed by atoms with Crippen LogP contribution in [0.4, 0.5) is 0 Å². The zero-order valence-electron chi connectivity index (χ0n) is 7.51. The molecule has 0 saturated carbocycles. The minimum atomic E-state index is -2.74. The summed E-state index contributed by atoms with van der Waals surface area (Å²) in [6.07, 6.45) is -2.29. The van der Waals surface area contributed by atoms with Crippen LogP contribution in [-0.4, -0.2) is 43.9 Å². The van der Waals surface area contributed by atoms with Crippen molar-refractivity contribution in [3.8, 4) is 0 Å². The molecule has 0 saturated heterocycles. The predicted octanol–water partition coefficient (Wildman–Crippen LogP) is -1.09. The summed E-state index contributed by atoms with van der Waals surface area (Å²) in [4.78, 5) is 30.5. The van der Waals surface area contributed by atoms with Gasteiger partial charge in [-0.25, -0.2) is 4.79 Å². The molecule has 0 heterocycles. The average Bonchev–Trinajstić information content (AvgIpc) is 1.82. The van der Waals surface area contributed by atoms with E-state index in [4.69, 9.17) is 20.4 Å². The molecule has 8 nitrogen and oxygen atoms in total. The predicted molar refractivity (Wildman–Crippen MR) is 42.1 cm³/mol. The molecule has 89 valence electrons. The number of rotatable bonds is 5. The van der Waals surface area contributed by atoms with Crippen molar-refractivity contribution < 1.29 is 51.9 Å². The van der Waals surface area contributed by atoms with E-state index >= 15 is 0 Å². The molecule has 0 aliphatic heterocycles. The monoisotopic (exact) mass is 264 g/mol. The smallest absolute Gasteiger partial charge is 0.336 e. The maximum absolute atomic E-state index is 10.3.